The van der Waals surface area contributed by atoms with Gasteiger partial charge in [-0.1, -0.05) is 176 Å². The molecule has 0 N–H and O–H groups in total. The summed E-state index contributed by atoms with van der Waals surface area (Å²) in [5.41, 5.74) is 14.0. The van der Waals surface area contributed by atoms with Gasteiger partial charge in [0.25, 0.3) is 0 Å². The maximum Gasteiger partial charge on any atom is 0.0546 e. The summed E-state index contributed by atoms with van der Waals surface area (Å²) in [6.07, 6.45) is 0. The first-order valence-corrected chi connectivity index (χ1v) is 19.9. The van der Waals surface area contributed by atoms with Gasteiger partial charge in [-0.25, -0.2) is 0 Å². The Morgan fingerprint density at radius 1 is 0.293 bits per heavy atom. The smallest absolute Gasteiger partial charge is 0.0546 e. The van der Waals surface area contributed by atoms with Crippen LogP contribution in [0.5, 0.6) is 0 Å². The number of aromatic nitrogens is 1. The third kappa shape index (κ3) is 5.74. The van der Waals surface area contributed by atoms with Crippen molar-refractivity contribution in [1.29, 1.82) is 0 Å². The number of benzene rings is 10. The predicted octanol–water partition coefficient (Wildman–Crippen LogP) is 15.6. The van der Waals surface area contributed by atoms with E-state index in [0.29, 0.717) is 0 Å². The Labute approximate surface area is 338 Å². The van der Waals surface area contributed by atoms with Crippen molar-refractivity contribution in [1.82, 2.24) is 4.57 Å². The van der Waals surface area contributed by atoms with Gasteiger partial charge in [-0.3, -0.25) is 0 Å². The Morgan fingerprint density at radius 3 is 1.64 bits per heavy atom. The Kier molecular flexibility index (Phi) is 8.19. The quantitative estimate of drug-likeness (QED) is 0.158. The molecule has 2 nitrogen and oxygen atoms in total. The maximum absolute atomic E-state index is 2.44. The Balaban J connectivity index is 1.10. The van der Waals surface area contributed by atoms with Gasteiger partial charge in [-0.05, 0) is 98.6 Å². The molecule has 11 aromatic rings. The third-order valence-corrected chi connectivity index (χ3v) is 11.6. The van der Waals surface area contributed by atoms with Crippen molar-refractivity contribution in [2.24, 2.45) is 0 Å². The molecule has 0 saturated heterocycles. The number of nitrogens with zero attached hydrogens (tertiary/aromatic N) is 2. The highest BCUT2D eigenvalue weighted by Crippen LogP contribution is 2.44. The van der Waals surface area contributed by atoms with E-state index in [2.05, 4.69) is 240 Å². The van der Waals surface area contributed by atoms with Gasteiger partial charge in [0.1, 0.15) is 0 Å². The van der Waals surface area contributed by atoms with E-state index in [1.807, 2.05) is 0 Å². The average molecular weight is 739 g/mol. The second kappa shape index (κ2) is 14.1. The molecule has 58 heavy (non-hydrogen) atoms. The lowest BCUT2D eigenvalue weighted by molar-refractivity contribution is 1.18. The van der Waals surface area contributed by atoms with Gasteiger partial charge in [0, 0.05) is 33.1 Å². The summed E-state index contributed by atoms with van der Waals surface area (Å²) in [5.74, 6) is 0. The molecule has 0 amide bonds. The van der Waals surface area contributed by atoms with Crippen LogP contribution >= 0.6 is 0 Å². The number of rotatable bonds is 7. The standard InChI is InChI=1S/C56H38N2/c1-2-16-39(17-3-1)44-36-42-19-5-7-25-50(42)56(38-44)57(46-22-14-21-43(37-46)48-28-15-20-40-18-4-6-23-47(40)48)45-34-32-41(33-35-45)49-24-8-11-29-53(49)58-54-30-12-9-26-51(54)52-27-10-13-31-55(52)58/h1-38H. The van der Waals surface area contributed by atoms with Crippen molar-refractivity contribution in [2.45, 2.75) is 0 Å². The van der Waals surface area contributed by atoms with Crippen LogP contribution in [-0.2, 0) is 0 Å². The molecular formula is C56H38N2. The lowest BCUT2D eigenvalue weighted by Crippen LogP contribution is -2.11. The van der Waals surface area contributed by atoms with Crippen LogP contribution in [0.25, 0.3) is 82.4 Å². The average Bonchev–Trinajstić information content (AvgIpc) is 3.64. The molecule has 11 rings (SSSR count). The first kappa shape index (κ1) is 33.6. The molecule has 0 radical (unpaired) electrons. The van der Waals surface area contributed by atoms with Crippen molar-refractivity contribution in [2.75, 3.05) is 4.90 Å². The van der Waals surface area contributed by atoms with Gasteiger partial charge >= 0.3 is 0 Å². The molecule has 0 aliphatic carbocycles. The fourth-order valence-electron chi connectivity index (χ4n) is 8.87. The second-order valence-electron chi connectivity index (χ2n) is 14.9. The molecule has 0 atom stereocenters. The summed E-state index contributed by atoms with van der Waals surface area (Å²) >= 11 is 0. The van der Waals surface area contributed by atoms with Crippen LogP contribution in [0.1, 0.15) is 0 Å². The molecule has 272 valence electrons. The zero-order chi connectivity index (χ0) is 38.4. The number of fused-ring (bicyclic) bond motifs is 5. The SMILES string of the molecule is c1ccc(-c2cc(N(c3ccc(-c4ccccc4-n4c5ccccc5c5ccccc54)cc3)c3cccc(-c4cccc5ccccc45)c3)c3ccccc3c2)cc1. The van der Waals surface area contributed by atoms with Crippen molar-refractivity contribution in [3.8, 4) is 39.1 Å². The van der Waals surface area contributed by atoms with Gasteiger partial charge in [0.15, 0.2) is 0 Å². The largest absolute Gasteiger partial charge is 0.310 e. The molecule has 0 unspecified atom stereocenters. The van der Waals surface area contributed by atoms with Gasteiger partial charge in [0.05, 0.1) is 22.4 Å². The molecule has 10 aromatic carbocycles. The fraction of sp³-hybridized carbons (Fsp3) is 0. The highest BCUT2D eigenvalue weighted by molar-refractivity contribution is 6.10. The van der Waals surface area contributed by atoms with Crippen LogP contribution in [0, 0.1) is 0 Å². The topological polar surface area (TPSA) is 8.17 Å². The molecule has 0 bridgehead atoms. The molecule has 0 spiro atoms. The molecule has 1 heterocycles. The van der Waals surface area contributed by atoms with E-state index in [-0.39, 0.29) is 0 Å². The Hall–Kier alpha value is -7.68. The fourth-order valence-corrected chi connectivity index (χ4v) is 8.87. The summed E-state index contributed by atoms with van der Waals surface area (Å²) in [5, 5.41) is 7.39. The Morgan fingerprint density at radius 2 is 0.862 bits per heavy atom. The molecule has 0 fully saturated rings. The van der Waals surface area contributed by atoms with E-state index >= 15 is 0 Å². The van der Waals surface area contributed by atoms with Crippen LogP contribution in [-0.4, -0.2) is 4.57 Å². The normalized spacial score (nSPS) is 11.4. The lowest BCUT2D eigenvalue weighted by atomic mass is 9.96. The second-order valence-corrected chi connectivity index (χ2v) is 14.9. The molecule has 1 aromatic heterocycles. The predicted molar refractivity (Wildman–Crippen MR) is 247 cm³/mol. The van der Waals surface area contributed by atoms with E-state index in [1.54, 1.807) is 0 Å². The number of para-hydroxylation sites is 3. The molecule has 2 heteroatoms. The van der Waals surface area contributed by atoms with Crippen LogP contribution < -0.4 is 4.90 Å². The summed E-state index contributed by atoms with van der Waals surface area (Å²) in [6, 6.07) is 83.8. The highest BCUT2D eigenvalue weighted by atomic mass is 15.1. The monoisotopic (exact) mass is 738 g/mol. The minimum Gasteiger partial charge on any atom is -0.310 e. The first-order chi connectivity index (χ1) is 28.8. The molecule has 0 saturated carbocycles. The first-order valence-electron chi connectivity index (χ1n) is 19.9. The lowest BCUT2D eigenvalue weighted by Gasteiger charge is -2.28. The van der Waals surface area contributed by atoms with Crippen molar-refractivity contribution in [3.05, 3.63) is 231 Å². The van der Waals surface area contributed by atoms with Crippen molar-refractivity contribution < 1.29 is 0 Å². The van der Waals surface area contributed by atoms with Gasteiger partial charge in [-0.15, -0.1) is 0 Å². The van der Waals surface area contributed by atoms with E-state index < -0.39 is 0 Å². The van der Waals surface area contributed by atoms with Gasteiger partial charge in [0.2, 0.25) is 0 Å². The maximum atomic E-state index is 2.44. The van der Waals surface area contributed by atoms with E-state index in [9.17, 15) is 0 Å². The minimum absolute atomic E-state index is 1.09. The zero-order valence-electron chi connectivity index (χ0n) is 31.8. The van der Waals surface area contributed by atoms with Gasteiger partial charge in [-0.2, -0.15) is 0 Å². The summed E-state index contributed by atoms with van der Waals surface area (Å²) < 4.78 is 2.42. The zero-order valence-corrected chi connectivity index (χ0v) is 31.8. The van der Waals surface area contributed by atoms with E-state index in [0.717, 1.165) is 28.3 Å². The molecular weight excluding hydrogens is 701 g/mol. The molecule has 0 aliphatic rings. The van der Waals surface area contributed by atoms with Crippen LogP contribution in [0.4, 0.5) is 17.1 Å². The third-order valence-electron chi connectivity index (χ3n) is 11.6. The van der Waals surface area contributed by atoms with E-state index in [1.165, 1.54) is 71.2 Å². The Bertz CT molecular complexity index is 3220. The number of hydrogen-bond donors (Lipinski definition) is 0. The summed E-state index contributed by atoms with van der Waals surface area (Å²) in [4.78, 5) is 2.44. The van der Waals surface area contributed by atoms with Crippen molar-refractivity contribution in [3.63, 3.8) is 0 Å². The highest BCUT2D eigenvalue weighted by Gasteiger charge is 2.20. The van der Waals surface area contributed by atoms with Crippen molar-refractivity contribution >= 4 is 60.4 Å². The summed E-state index contributed by atoms with van der Waals surface area (Å²) in [6.45, 7) is 0. The number of anilines is 3. The minimum atomic E-state index is 1.09. The summed E-state index contributed by atoms with van der Waals surface area (Å²) in [7, 11) is 0. The van der Waals surface area contributed by atoms with Crippen LogP contribution in [0.15, 0.2) is 231 Å². The molecule has 0 aliphatic heterocycles. The van der Waals surface area contributed by atoms with Crippen LogP contribution in [0.3, 0.4) is 0 Å². The van der Waals surface area contributed by atoms with Crippen LogP contribution in [0.2, 0.25) is 0 Å². The number of hydrogen-bond acceptors (Lipinski definition) is 1. The van der Waals surface area contributed by atoms with Gasteiger partial charge < -0.3 is 9.47 Å². The van der Waals surface area contributed by atoms with E-state index in [4.69, 9.17) is 0 Å².